The summed E-state index contributed by atoms with van der Waals surface area (Å²) < 4.78 is 33.5. The molecule has 2 aliphatic heterocycles. The Morgan fingerprint density at radius 2 is 2.05 bits per heavy atom. The normalized spacial score (nSPS) is 25.1. The molecule has 0 bridgehead atoms. The summed E-state index contributed by atoms with van der Waals surface area (Å²) in [4.78, 5) is 11.6. The van der Waals surface area contributed by atoms with Crippen LogP contribution in [0.15, 0.2) is 0 Å². The Morgan fingerprint density at radius 3 is 2.62 bits per heavy atom. The van der Waals surface area contributed by atoms with E-state index >= 15 is 0 Å². The van der Waals surface area contributed by atoms with Crippen molar-refractivity contribution in [2.24, 2.45) is 5.92 Å². The molecule has 1 unspecified atom stereocenters. The molecule has 2 N–H and O–H groups in total. The molecule has 0 aromatic rings. The zero-order valence-corrected chi connectivity index (χ0v) is 13.3. The van der Waals surface area contributed by atoms with Gasteiger partial charge in [0.05, 0.1) is 12.5 Å². The van der Waals surface area contributed by atoms with Gasteiger partial charge in [0.1, 0.15) is 0 Å². The van der Waals surface area contributed by atoms with E-state index in [1.54, 1.807) is 6.92 Å². The molecule has 2 rings (SSSR count). The lowest BCUT2D eigenvalue weighted by molar-refractivity contribution is -0.149. The highest BCUT2D eigenvalue weighted by molar-refractivity contribution is 7.87. The Morgan fingerprint density at radius 1 is 1.33 bits per heavy atom. The summed E-state index contributed by atoms with van der Waals surface area (Å²) >= 11 is 0. The summed E-state index contributed by atoms with van der Waals surface area (Å²) in [5, 5.41) is 3.26. The molecule has 0 radical (unpaired) electrons. The second kappa shape index (κ2) is 7.53. The van der Waals surface area contributed by atoms with Crippen LogP contribution in [0.2, 0.25) is 0 Å². The minimum Gasteiger partial charge on any atom is -0.466 e. The second-order valence-corrected chi connectivity index (χ2v) is 7.33. The highest BCUT2D eigenvalue weighted by Gasteiger charge is 2.32. The maximum Gasteiger partial charge on any atom is 0.309 e. The fraction of sp³-hybridized carbons (Fsp3) is 0.923. The molecule has 0 aliphatic carbocycles. The number of hydrogen-bond acceptors (Lipinski definition) is 5. The third kappa shape index (κ3) is 4.64. The first-order valence-corrected chi connectivity index (χ1v) is 9.11. The molecule has 2 fully saturated rings. The number of piperidine rings is 1. The number of carbonyl (C=O) groups excluding carboxylic acids is 1. The van der Waals surface area contributed by atoms with Crippen LogP contribution in [0.25, 0.3) is 0 Å². The smallest absolute Gasteiger partial charge is 0.309 e. The van der Waals surface area contributed by atoms with E-state index in [1.165, 1.54) is 4.31 Å². The third-order valence-electron chi connectivity index (χ3n) is 4.09. The largest absolute Gasteiger partial charge is 0.466 e. The molecule has 122 valence electrons. The van der Waals surface area contributed by atoms with E-state index in [9.17, 15) is 13.2 Å². The van der Waals surface area contributed by atoms with Gasteiger partial charge < -0.3 is 10.1 Å². The number of rotatable bonds is 6. The Bertz CT molecular complexity index is 440. The van der Waals surface area contributed by atoms with E-state index in [1.807, 2.05) is 0 Å². The van der Waals surface area contributed by atoms with Crippen LogP contribution in [-0.4, -0.2) is 57.5 Å². The molecular formula is C13H25N3O4S. The fourth-order valence-corrected chi connectivity index (χ4v) is 4.11. The summed E-state index contributed by atoms with van der Waals surface area (Å²) in [7, 11) is -3.44. The van der Waals surface area contributed by atoms with Crippen LogP contribution in [0.5, 0.6) is 0 Å². The van der Waals surface area contributed by atoms with Gasteiger partial charge in [-0.2, -0.15) is 12.7 Å². The Hall–Kier alpha value is -0.700. The molecule has 0 aromatic carbocycles. The van der Waals surface area contributed by atoms with Gasteiger partial charge in [-0.3, -0.25) is 4.79 Å². The van der Waals surface area contributed by atoms with Crippen LogP contribution in [0.1, 0.15) is 32.6 Å². The quantitative estimate of drug-likeness (QED) is 0.665. The van der Waals surface area contributed by atoms with Gasteiger partial charge in [0, 0.05) is 25.7 Å². The summed E-state index contributed by atoms with van der Waals surface area (Å²) in [6.07, 6.45) is 3.16. The van der Waals surface area contributed by atoms with Crippen molar-refractivity contribution in [2.75, 3.05) is 32.8 Å². The molecule has 8 heteroatoms. The molecule has 7 nitrogen and oxygen atoms in total. The van der Waals surface area contributed by atoms with Crippen LogP contribution in [0.4, 0.5) is 0 Å². The number of esters is 1. The molecule has 0 saturated carbocycles. The van der Waals surface area contributed by atoms with Gasteiger partial charge in [-0.05, 0) is 39.2 Å². The van der Waals surface area contributed by atoms with Crippen molar-refractivity contribution in [1.82, 2.24) is 14.3 Å². The van der Waals surface area contributed by atoms with Crippen molar-refractivity contribution >= 4 is 16.2 Å². The highest BCUT2D eigenvalue weighted by atomic mass is 32.2. The first-order valence-electron chi connectivity index (χ1n) is 7.67. The van der Waals surface area contributed by atoms with Crippen molar-refractivity contribution in [3.05, 3.63) is 0 Å². The molecule has 21 heavy (non-hydrogen) atoms. The zero-order valence-electron chi connectivity index (χ0n) is 12.5. The number of ether oxygens (including phenoxy) is 1. The number of hydrogen-bond donors (Lipinski definition) is 2. The SMILES string of the molecule is CCOC(=O)C1CCN(S(=O)(=O)NCC2CCCN2)CC1. The molecule has 0 spiro atoms. The van der Waals surface area contributed by atoms with E-state index in [-0.39, 0.29) is 17.9 Å². The van der Waals surface area contributed by atoms with Gasteiger partial charge in [-0.25, -0.2) is 4.72 Å². The van der Waals surface area contributed by atoms with E-state index < -0.39 is 10.2 Å². The van der Waals surface area contributed by atoms with Gasteiger partial charge >= 0.3 is 5.97 Å². The zero-order chi connectivity index (χ0) is 15.3. The van der Waals surface area contributed by atoms with Gasteiger partial charge in [0.2, 0.25) is 0 Å². The number of nitrogens with one attached hydrogen (secondary N) is 2. The third-order valence-corrected chi connectivity index (χ3v) is 5.66. The maximum absolute atomic E-state index is 12.2. The Kier molecular flexibility index (Phi) is 5.98. The van der Waals surface area contributed by atoms with Crippen LogP contribution < -0.4 is 10.0 Å². The minimum absolute atomic E-state index is 0.173. The average molecular weight is 319 g/mol. The molecule has 0 aromatic heterocycles. The van der Waals surface area contributed by atoms with E-state index in [4.69, 9.17) is 4.74 Å². The summed E-state index contributed by atoms with van der Waals surface area (Å²) in [5.41, 5.74) is 0. The monoisotopic (exact) mass is 319 g/mol. The Balaban J connectivity index is 1.78. The predicted octanol–water partition coefficient (Wildman–Crippen LogP) is -0.152. The fourth-order valence-electron chi connectivity index (χ4n) is 2.82. The average Bonchev–Trinajstić information content (AvgIpc) is 2.99. The van der Waals surface area contributed by atoms with Crippen LogP contribution in [-0.2, 0) is 19.7 Å². The number of nitrogens with zero attached hydrogens (tertiary/aromatic N) is 1. The van der Waals surface area contributed by atoms with E-state index in [0.29, 0.717) is 39.1 Å². The lowest BCUT2D eigenvalue weighted by Crippen LogP contribution is -2.48. The predicted molar refractivity (Wildman–Crippen MR) is 78.9 cm³/mol. The molecule has 2 aliphatic rings. The van der Waals surface area contributed by atoms with Crippen molar-refractivity contribution in [1.29, 1.82) is 0 Å². The summed E-state index contributed by atoms with van der Waals surface area (Å²) in [6, 6.07) is 0.233. The lowest BCUT2D eigenvalue weighted by Gasteiger charge is -2.30. The van der Waals surface area contributed by atoms with Gasteiger partial charge in [0.25, 0.3) is 10.2 Å². The van der Waals surface area contributed by atoms with Gasteiger partial charge in [0.15, 0.2) is 0 Å². The maximum atomic E-state index is 12.2. The number of carbonyl (C=O) groups is 1. The van der Waals surface area contributed by atoms with Crippen molar-refractivity contribution in [3.8, 4) is 0 Å². The summed E-state index contributed by atoms with van der Waals surface area (Å²) in [5.74, 6) is -0.384. The van der Waals surface area contributed by atoms with Crippen LogP contribution in [0.3, 0.4) is 0 Å². The van der Waals surface area contributed by atoms with Crippen molar-refractivity contribution in [3.63, 3.8) is 0 Å². The topological polar surface area (TPSA) is 87.7 Å². The van der Waals surface area contributed by atoms with Crippen molar-refractivity contribution in [2.45, 2.75) is 38.6 Å². The van der Waals surface area contributed by atoms with Crippen LogP contribution in [0, 0.1) is 5.92 Å². The molecule has 2 saturated heterocycles. The summed E-state index contributed by atoms with van der Waals surface area (Å²) in [6.45, 7) is 4.27. The van der Waals surface area contributed by atoms with Crippen molar-refractivity contribution < 1.29 is 17.9 Å². The Labute approximate surface area is 126 Å². The second-order valence-electron chi connectivity index (χ2n) is 5.57. The molecule has 1 atom stereocenters. The standard InChI is InChI=1S/C13H25N3O4S/c1-2-20-13(17)11-5-8-16(9-6-11)21(18,19)15-10-12-4-3-7-14-12/h11-12,14-15H,2-10H2,1H3. The molecule has 2 heterocycles. The molecular weight excluding hydrogens is 294 g/mol. The van der Waals surface area contributed by atoms with E-state index in [0.717, 1.165) is 19.4 Å². The van der Waals surface area contributed by atoms with E-state index in [2.05, 4.69) is 10.0 Å². The first-order chi connectivity index (χ1) is 10.0. The minimum atomic E-state index is -3.44. The first kappa shape index (κ1) is 16.7. The van der Waals surface area contributed by atoms with Gasteiger partial charge in [-0.1, -0.05) is 0 Å². The van der Waals surface area contributed by atoms with Crippen LogP contribution >= 0.6 is 0 Å². The lowest BCUT2D eigenvalue weighted by atomic mass is 9.98. The van der Waals surface area contributed by atoms with Gasteiger partial charge in [-0.15, -0.1) is 0 Å². The molecule has 0 amide bonds. The highest BCUT2D eigenvalue weighted by Crippen LogP contribution is 2.20.